The summed E-state index contributed by atoms with van der Waals surface area (Å²) >= 11 is 0. The van der Waals surface area contributed by atoms with E-state index in [0.29, 0.717) is 6.54 Å². The van der Waals surface area contributed by atoms with Gasteiger partial charge >= 0.3 is 0 Å². The average Bonchev–Trinajstić information content (AvgIpc) is 2.60. The maximum absolute atomic E-state index is 11.6. The van der Waals surface area contributed by atoms with Gasteiger partial charge in [-0.25, -0.2) is 0 Å². The van der Waals surface area contributed by atoms with E-state index in [1.54, 1.807) is 4.90 Å². The second-order valence-corrected chi connectivity index (χ2v) is 3.31. The minimum atomic E-state index is -0.776. The first kappa shape index (κ1) is 8.50. The van der Waals surface area contributed by atoms with Crippen molar-refractivity contribution in [2.75, 3.05) is 13.7 Å². The van der Waals surface area contributed by atoms with E-state index in [1.165, 1.54) is 7.11 Å². The molecule has 2 heterocycles. The lowest BCUT2D eigenvalue weighted by Crippen LogP contribution is -2.61. The highest BCUT2D eigenvalue weighted by Crippen LogP contribution is 2.21. The van der Waals surface area contributed by atoms with Gasteiger partial charge in [-0.05, 0) is 12.8 Å². The number of carbonyl (C=O) groups is 2. The van der Waals surface area contributed by atoms with Crippen LogP contribution in [0.1, 0.15) is 12.8 Å². The molecule has 0 aromatic heterocycles. The number of nitrogens with zero attached hydrogens (tertiary/aromatic N) is 1. The van der Waals surface area contributed by atoms with E-state index >= 15 is 0 Å². The van der Waals surface area contributed by atoms with Crippen LogP contribution in [0.15, 0.2) is 0 Å². The van der Waals surface area contributed by atoms with E-state index in [1.807, 2.05) is 0 Å². The highest BCUT2D eigenvalue weighted by atomic mass is 16.5. The molecule has 13 heavy (non-hydrogen) atoms. The van der Waals surface area contributed by atoms with Crippen molar-refractivity contribution in [1.82, 2.24) is 10.2 Å². The molecule has 2 amide bonds. The summed E-state index contributed by atoms with van der Waals surface area (Å²) in [6.07, 6.45) is 0.899. The molecule has 2 saturated heterocycles. The Labute approximate surface area is 76.0 Å². The van der Waals surface area contributed by atoms with Gasteiger partial charge in [0.05, 0.1) is 0 Å². The van der Waals surface area contributed by atoms with E-state index in [4.69, 9.17) is 4.74 Å². The lowest BCUT2D eigenvalue weighted by atomic mass is 10.1. The Balaban J connectivity index is 2.19. The van der Waals surface area contributed by atoms with Crippen molar-refractivity contribution in [2.45, 2.75) is 25.1 Å². The molecule has 2 rings (SSSR count). The number of hydrogen-bond donors (Lipinski definition) is 1. The molecule has 2 aliphatic rings. The van der Waals surface area contributed by atoms with Crippen molar-refractivity contribution in [3.63, 3.8) is 0 Å². The van der Waals surface area contributed by atoms with Crippen LogP contribution in [0.25, 0.3) is 0 Å². The summed E-state index contributed by atoms with van der Waals surface area (Å²) in [5.41, 5.74) is 0. The zero-order chi connectivity index (χ0) is 9.42. The summed E-state index contributed by atoms with van der Waals surface area (Å²) in [6, 6.07) is -0.251. The standard InChI is InChI=1S/C8H12N2O3/c1-13-7-8(12)10-4-2-3-5(10)6(11)9-7/h5,7H,2-4H2,1H3,(H,9,11). The zero-order valence-corrected chi connectivity index (χ0v) is 7.45. The third kappa shape index (κ3) is 1.19. The van der Waals surface area contributed by atoms with Crippen molar-refractivity contribution in [2.24, 2.45) is 0 Å². The molecular formula is C8H12N2O3. The normalized spacial score (nSPS) is 33.2. The lowest BCUT2D eigenvalue weighted by Gasteiger charge is -2.33. The van der Waals surface area contributed by atoms with Gasteiger partial charge in [0.2, 0.25) is 12.1 Å². The fourth-order valence-corrected chi connectivity index (χ4v) is 1.90. The van der Waals surface area contributed by atoms with Crippen LogP contribution >= 0.6 is 0 Å². The van der Waals surface area contributed by atoms with Crippen LogP contribution in [0.3, 0.4) is 0 Å². The molecule has 2 aliphatic heterocycles. The molecule has 0 bridgehead atoms. The molecule has 5 heteroatoms. The smallest absolute Gasteiger partial charge is 0.273 e. The molecule has 2 fully saturated rings. The van der Waals surface area contributed by atoms with Crippen molar-refractivity contribution in [3.8, 4) is 0 Å². The Hall–Kier alpha value is -1.10. The van der Waals surface area contributed by atoms with Crippen LogP contribution in [-0.4, -0.2) is 42.6 Å². The molecule has 72 valence electrons. The minimum Gasteiger partial charge on any atom is -0.353 e. The molecule has 2 unspecified atom stereocenters. The number of ether oxygens (including phenoxy) is 1. The minimum absolute atomic E-state index is 0.0936. The molecular weight excluding hydrogens is 172 g/mol. The molecule has 0 aromatic carbocycles. The van der Waals surface area contributed by atoms with E-state index in [0.717, 1.165) is 12.8 Å². The number of hydrogen-bond acceptors (Lipinski definition) is 3. The van der Waals surface area contributed by atoms with Gasteiger partial charge in [0, 0.05) is 13.7 Å². The van der Waals surface area contributed by atoms with E-state index in [2.05, 4.69) is 5.32 Å². The third-order valence-corrected chi connectivity index (χ3v) is 2.57. The summed E-state index contributed by atoms with van der Waals surface area (Å²) in [5, 5.41) is 2.53. The van der Waals surface area contributed by atoms with Crippen LogP contribution in [0.4, 0.5) is 0 Å². The molecule has 2 atom stereocenters. The zero-order valence-electron chi connectivity index (χ0n) is 7.45. The monoisotopic (exact) mass is 184 g/mol. The first-order chi connectivity index (χ1) is 6.24. The quantitative estimate of drug-likeness (QED) is 0.573. The Morgan fingerprint density at radius 1 is 1.54 bits per heavy atom. The van der Waals surface area contributed by atoms with Crippen LogP contribution in [0.2, 0.25) is 0 Å². The number of rotatable bonds is 1. The lowest BCUT2D eigenvalue weighted by molar-refractivity contribution is -0.158. The second kappa shape index (κ2) is 2.99. The Kier molecular flexibility index (Phi) is 1.95. The van der Waals surface area contributed by atoms with Gasteiger partial charge < -0.3 is 15.0 Å². The van der Waals surface area contributed by atoms with Gasteiger partial charge in [-0.1, -0.05) is 0 Å². The number of nitrogens with one attached hydrogen (secondary N) is 1. The summed E-state index contributed by atoms with van der Waals surface area (Å²) < 4.78 is 4.86. The SMILES string of the molecule is COC1NC(=O)C2CCCN2C1=O. The van der Waals surface area contributed by atoms with E-state index in [9.17, 15) is 9.59 Å². The van der Waals surface area contributed by atoms with E-state index < -0.39 is 6.23 Å². The maximum atomic E-state index is 11.6. The molecule has 5 nitrogen and oxygen atoms in total. The highest BCUT2D eigenvalue weighted by molar-refractivity contribution is 5.96. The van der Waals surface area contributed by atoms with E-state index in [-0.39, 0.29) is 17.9 Å². The van der Waals surface area contributed by atoms with Gasteiger partial charge in [0.1, 0.15) is 6.04 Å². The maximum Gasteiger partial charge on any atom is 0.273 e. The molecule has 1 N–H and O–H groups in total. The fourth-order valence-electron chi connectivity index (χ4n) is 1.90. The van der Waals surface area contributed by atoms with Gasteiger partial charge in [-0.3, -0.25) is 9.59 Å². The fraction of sp³-hybridized carbons (Fsp3) is 0.750. The number of methoxy groups -OCH3 is 1. The number of fused-ring (bicyclic) bond motifs is 1. The molecule has 0 aliphatic carbocycles. The first-order valence-corrected chi connectivity index (χ1v) is 4.37. The van der Waals surface area contributed by atoms with Gasteiger partial charge in [-0.2, -0.15) is 0 Å². The molecule has 0 spiro atoms. The van der Waals surface area contributed by atoms with Crippen molar-refractivity contribution < 1.29 is 14.3 Å². The Morgan fingerprint density at radius 3 is 3.00 bits per heavy atom. The van der Waals surface area contributed by atoms with Crippen LogP contribution in [-0.2, 0) is 14.3 Å². The van der Waals surface area contributed by atoms with Crippen molar-refractivity contribution >= 4 is 11.8 Å². The highest BCUT2D eigenvalue weighted by Gasteiger charge is 2.42. The molecule has 0 saturated carbocycles. The summed E-state index contributed by atoms with van der Waals surface area (Å²) in [7, 11) is 1.42. The van der Waals surface area contributed by atoms with Crippen molar-refractivity contribution in [3.05, 3.63) is 0 Å². The summed E-state index contributed by atoms with van der Waals surface area (Å²) in [5.74, 6) is -0.214. The summed E-state index contributed by atoms with van der Waals surface area (Å²) in [4.78, 5) is 24.6. The summed E-state index contributed by atoms with van der Waals surface area (Å²) in [6.45, 7) is 0.677. The number of amides is 2. The Morgan fingerprint density at radius 2 is 2.31 bits per heavy atom. The average molecular weight is 184 g/mol. The van der Waals surface area contributed by atoms with Crippen LogP contribution in [0.5, 0.6) is 0 Å². The molecule has 0 radical (unpaired) electrons. The largest absolute Gasteiger partial charge is 0.353 e. The molecule has 0 aromatic rings. The predicted octanol–water partition coefficient (Wildman–Crippen LogP) is -0.920. The first-order valence-electron chi connectivity index (χ1n) is 4.37. The van der Waals surface area contributed by atoms with Gasteiger partial charge in [0.15, 0.2) is 0 Å². The van der Waals surface area contributed by atoms with Gasteiger partial charge in [0.25, 0.3) is 5.91 Å². The predicted molar refractivity (Wildman–Crippen MR) is 43.7 cm³/mol. The third-order valence-electron chi connectivity index (χ3n) is 2.57. The Bertz CT molecular complexity index is 254. The van der Waals surface area contributed by atoms with Crippen LogP contribution < -0.4 is 5.32 Å². The van der Waals surface area contributed by atoms with Crippen LogP contribution in [0, 0.1) is 0 Å². The second-order valence-electron chi connectivity index (χ2n) is 3.31. The number of carbonyl (C=O) groups excluding carboxylic acids is 2. The van der Waals surface area contributed by atoms with Crippen molar-refractivity contribution in [1.29, 1.82) is 0 Å². The number of piperazine rings is 1. The topological polar surface area (TPSA) is 58.6 Å². The van der Waals surface area contributed by atoms with Gasteiger partial charge in [-0.15, -0.1) is 0 Å².